The molecule has 0 saturated carbocycles. The molecule has 5 N–H and O–H groups in total. The van der Waals surface area contributed by atoms with Gasteiger partial charge in [-0.2, -0.15) is 0 Å². The van der Waals surface area contributed by atoms with Crippen LogP contribution < -0.4 is 9.67 Å². The number of pyridine rings is 1. The lowest BCUT2D eigenvalue weighted by atomic mass is 9.83. The Morgan fingerprint density at radius 2 is 1.95 bits per heavy atom. The van der Waals surface area contributed by atoms with Crippen LogP contribution in [0, 0.1) is 11.8 Å². The number of aryl methyl sites for hydroxylation is 1. The zero-order chi connectivity index (χ0) is 27.1. The summed E-state index contributed by atoms with van der Waals surface area (Å²) in [4.78, 5) is 22.5. The van der Waals surface area contributed by atoms with Crippen molar-refractivity contribution in [1.82, 2.24) is 0 Å². The van der Waals surface area contributed by atoms with Crippen molar-refractivity contribution >= 4 is 18.0 Å². The number of hydrogen-bond acceptors (Lipinski definition) is 10. The largest absolute Gasteiger partial charge is 0.545 e. The molecule has 0 aliphatic carbocycles. The van der Waals surface area contributed by atoms with Crippen molar-refractivity contribution in [3.05, 3.63) is 60.7 Å². The predicted octanol–water partition coefficient (Wildman–Crippen LogP) is -1.92. The Morgan fingerprint density at radius 3 is 2.59 bits per heavy atom. The van der Waals surface area contributed by atoms with Gasteiger partial charge in [0.05, 0.1) is 25.3 Å². The maximum atomic E-state index is 11.8. The summed E-state index contributed by atoms with van der Waals surface area (Å²) in [5.74, 6) is -3.97. The van der Waals surface area contributed by atoms with Crippen LogP contribution in [0.3, 0.4) is 0 Å². The minimum absolute atomic E-state index is 0.0335. The second-order valence-electron chi connectivity index (χ2n) is 8.77. The number of aliphatic hydroxyl groups excluding tert-OH is 4. The van der Waals surface area contributed by atoms with Crippen LogP contribution in [-0.4, -0.2) is 81.1 Å². The second kappa shape index (κ2) is 12.9. The number of carboxylic acids is 2. The fraction of sp³-hybridized carbons (Fsp3) is 0.480. The summed E-state index contributed by atoms with van der Waals surface area (Å²) >= 11 is 0. The third kappa shape index (κ3) is 7.01. The molecular formula is C25H31NO11. The molecule has 8 atom stereocenters. The lowest BCUT2D eigenvalue weighted by molar-refractivity contribution is -0.697. The molecule has 0 aromatic carbocycles. The Labute approximate surface area is 213 Å². The van der Waals surface area contributed by atoms with Crippen LogP contribution in [-0.2, 0) is 30.3 Å². The monoisotopic (exact) mass is 521 g/mol. The number of aliphatic carboxylic acids is 2. The predicted molar refractivity (Wildman–Crippen MR) is 123 cm³/mol. The summed E-state index contributed by atoms with van der Waals surface area (Å²) < 4.78 is 18.3. The molecule has 0 bridgehead atoms. The van der Waals surface area contributed by atoms with Crippen LogP contribution in [0.2, 0.25) is 0 Å². The van der Waals surface area contributed by atoms with Gasteiger partial charge < -0.3 is 49.6 Å². The van der Waals surface area contributed by atoms with E-state index in [-0.39, 0.29) is 12.0 Å². The molecule has 1 aromatic heterocycles. The van der Waals surface area contributed by atoms with Gasteiger partial charge in [-0.3, -0.25) is 4.79 Å². The van der Waals surface area contributed by atoms with Crippen molar-refractivity contribution < 1.29 is 59.0 Å². The first-order valence-corrected chi connectivity index (χ1v) is 11.7. The summed E-state index contributed by atoms with van der Waals surface area (Å²) in [7, 11) is 0. The van der Waals surface area contributed by atoms with Gasteiger partial charge in [0, 0.05) is 35.5 Å². The molecule has 2 aliphatic heterocycles. The lowest BCUT2D eigenvalue weighted by Crippen LogP contribution is -2.60. The fourth-order valence-corrected chi connectivity index (χ4v) is 4.20. The summed E-state index contributed by atoms with van der Waals surface area (Å²) in [5.41, 5.74) is 0.538. The van der Waals surface area contributed by atoms with Crippen LogP contribution in [0.25, 0.3) is 6.08 Å². The highest BCUT2D eigenvalue weighted by Gasteiger charge is 2.46. The number of carbonyl (C=O) groups is 2. The molecule has 8 unspecified atom stereocenters. The number of hydrogen-bond donors (Lipinski definition) is 5. The standard InChI is InChI=1S/C25H31NO11/c1-2-15-16(8-7-14-5-3-9-26(11-14)10-4-6-19(28)29)17(23(33)34)13-35-24(15)37-25-22(32)21(31)20(30)18(12-27)36-25/h2-3,5,7-9,11,13,15-16,18,20-22,24-25,27,30-32H,1,4,6,10,12H2,(H-,28,29,33,34). The second-order valence-corrected chi connectivity index (χ2v) is 8.77. The minimum Gasteiger partial charge on any atom is -0.545 e. The molecule has 3 heterocycles. The van der Waals surface area contributed by atoms with E-state index in [9.17, 15) is 35.1 Å². The molecule has 37 heavy (non-hydrogen) atoms. The Balaban J connectivity index is 1.79. The number of aliphatic hydroxyl groups is 4. The van der Waals surface area contributed by atoms with E-state index in [2.05, 4.69) is 6.58 Å². The van der Waals surface area contributed by atoms with E-state index < -0.39 is 67.4 Å². The van der Waals surface area contributed by atoms with Crippen molar-refractivity contribution in [2.45, 2.75) is 56.4 Å². The van der Waals surface area contributed by atoms with Crippen molar-refractivity contribution in [2.24, 2.45) is 11.8 Å². The van der Waals surface area contributed by atoms with E-state index in [1.165, 1.54) is 6.08 Å². The molecule has 0 radical (unpaired) electrons. The van der Waals surface area contributed by atoms with Gasteiger partial charge in [0.1, 0.15) is 31.0 Å². The minimum atomic E-state index is -1.67. The van der Waals surface area contributed by atoms with Crippen molar-refractivity contribution in [1.29, 1.82) is 0 Å². The van der Waals surface area contributed by atoms with E-state index in [0.717, 1.165) is 11.8 Å². The summed E-state index contributed by atoms with van der Waals surface area (Å²) in [6.45, 7) is 3.59. The summed E-state index contributed by atoms with van der Waals surface area (Å²) in [6, 6.07) is 3.56. The number of aromatic nitrogens is 1. The lowest BCUT2D eigenvalue weighted by Gasteiger charge is -2.43. The van der Waals surface area contributed by atoms with E-state index in [1.54, 1.807) is 36.7 Å². The third-order valence-corrected chi connectivity index (χ3v) is 6.23. The first kappa shape index (κ1) is 28.4. The van der Waals surface area contributed by atoms with Crippen LogP contribution in [0.5, 0.6) is 0 Å². The van der Waals surface area contributed by atoms with Gasteiger partial charge in [-0.15, -0.1) is 6.58 Å². The number of ether oxygens (including phenoxy) is 3. The number of rotatable bonds is 11. The first-order valence-electron chi connectivity index (χ1n) is 11.7. The highest BCUT2D eigenvalue weighted by atomic mass is 16.8. The van der Waals surface area contributed by atoms with Gasteiger partial charge in [0.25, 0.3) is 0 Å². The molecule has 202 valence electrons. The molecule has 1 fully saturated rings. The molecule has 12 nitrogen and oxygen atoms in total. The van der Waals surface area contributed by atoms with Gasteiger partial charge in [0.2, 0.25) is 6.29 Å². The molecule has 12 heteroatoms. The Kier molecular flexibility index (Phi) is 9.92. The van der Waals surface area contributed by atoms with Gasteiger partial charge in [-0.25, -0.2) is 4.57 Å². The fourth-order valence-electron chi connectivity index (χ4n) is 4.20. The van der Waals surface area contributed by atoms with Gasteiger partial charge >= 0.3 is 5.97 Å². The molecular weight excluding hydrogens is 490 g/mol. The van der Waals surface area contributed by atoms with E-state index in [4.69, 9.17) is 19.3 Å². The maximum absolute atomic E-state index is 11.8. The summed E-state index contributed by atoms with van der Waals surface area (Å²) in [6.07, 6.45) is 0.928. The van der Waals surface area contributed by atoms with Gasteiger partial charge in [0.15, 0.2) is 18.7 Å². The van der Waals surface area contributed by atoms with Gasteiger partial charge in [-0.05, 0) is 6.07 Å². The zero-order valence-corrected chi connectivity index (χ0v) is 19.9. The van der Waals surface area contributed by atoms with Crippen LogP contribution in [0.4, 0.5) is 0 Å². The quantitative estimate of drug-likeness (QED) is 0.161. The van der Waals surface area contributed by atoms with E-state index in [0.29, 0.717) is 13.0 Å². The Morgan fingerprint density at radius 1 is 1.19 bits per heavy atom. The van der Waals surface area contributed by atoms with Gasteiger partial charge in [-0.1, -0.05) is 18.2 Å². The smallest absolute Gasteiger partial charge is 0.303 e. The molecule has 0 amide bonds. The highest BCUT2D eigenvalue weighted by molar-refractivity contribution is 5.86. The molecule has 3 rings (SSSR count). The average molecular weight is 522 g/mol. The topological polar surface area (TPSA) is 190 Å². The van der Waals surface area contributed by atoms with Crippen LogP contribution >= 0.6 is 0 Å². The van der Waals surface area contributed by atoms with Crippen molar-refractivity contribution in [3.63, 3.8) is 0 Å². The molecule has 1 saturated heterocycles. The van der Waals surface area contributed by atoms with Crippen molar-refractivity contribution in [3.8, 4) is 0 Å². The molecule has 0 spiro atoms. The summed E-state index contributed by atoms with van der Waals surface area (Å²) in [5, 5.41) is 60.3. The van der Waals surface area contributed by atoms with Crippen molar-refractivity contribution in [2.75, 3.05) is 6.61 Å². The molecule has 2 aliphatic rings. The first-order chi connectivity index (χ1) is 17.7. The zero-order valence-electron chi connectivity index (χ0n) is 19.9. The normalized spacial score (nSPS) is 31.9. The number of carboxylic acid groups (broad SMARTS) is 2. The number of allylic oxidation sites excluding steroid dienone is 1. The van der Waals surface area contributed by atoms with E-state index >= 15 is 0 Å². The van der Waals surface area contributed by atoms with E-state index in [1.807, 2.05) is 4.57 Å². The highest BCUT2D eigenvalue weighted by Crippen LogP contribution is 2.35. The Bertz CT molecular complexity index is 1020. The molecule has 1 aromatic rings. The number of nitrogens with zero attached hydrogens (tertiary/aromatic N) is 1. The Hall–Kier alpha value is -3.13. The maximum Gasteiger partial charge on any atom is 0.303 e. The average Bonchev–Trinajstić information content (AvgIpc) is 2.87. The third-order valence-electron chi connectivity index (χ3n) is 6.23. The van der Waals surface area contributed by atoms with Crippen LogP contribution in [0.15, 0.2) is 55.1 Å². The SMILES string of the molecule is C=CC1C(OC2OC(CO)C(O)C(O)C2O)OC=C(C(=O)[O-])C1C=Cc1ccc[n+](CCCC(=O)O)c1. The van der Waals surface area contributed by atoms with Crippen LogP contribution in [0.1, 0.15) is 18.4 Å². The number of carbonyl (C=O) groups excluding carboxylic acids is 1.